The highest BCUT2D eigenvalue weighted by atomic mass is 16.5. The second kappa shape index (κ2) is 8.19. The quantitative estimate of drug-likeness (QED) is 0.809. The fourth-order valence-corrected chi connectivity index (χ4v) is 2.44. The van der Waals surface area contributed by atoms with Crippen LogP contribution in [0.15, 0.2) is 42.5 Å². The van der Waals surface area contributed by atoms with Crippen LogP contribution in [0.5, 0.6) is 11.5 Å². The highest BCUT2D eigenvalue weighted by Gasteiger charge is 2.15. The van der Waals surface area contributed by atoms with Crippen molar-refractivity contribution in [2.75, 3.05) is 19.5 Å². The number of primary amides is 1. The molecule has 0 aliphatic heterocycles. The van der Waals surface area contributed by atoms with Gasteiger partial charge in [0.05, 0.1) is 14.2 Å². The summed E-state index contributed by atoms with van der Waals surface area (Å²) in [4.78, 5) is 23.4. The number of nitrogens with one attached hydrogen (secondary N) is 1. The summed E-state index contributed by atoms with van der Waals surface area (Å²) in [5.41, 5.74) is 7.19. The molecular formula is C19H22N2O4. The standard InChI is InChI=1S/C19H22N2O4/c1-12(10-13-4-9-16(24-2)17(11-13)25-3)19(23)21-15-7-5-14(6-8-15)18(20)22/h4-9,11-12H,10H2,1-3H3,(H2,20,22)(H,21,23). The molecule has 2 aromatic carbocycles. The normalized spacial score (nSPS) is 11.5. The molecule has 0 bridgehead atoms. The Bertz CT molecular complexity index is 757. The summed E-state index contributed by atoms with van der Waals surface area (Å²) in [7, 11) is 3.16. The number of carbonyl (C=O) groups excluding carboxylic acids is 2. The molecule has 0 saturated heterocycles. The molecule has 0 heterocycles. The predicted molar refractivity (Wildman–Crippen MR) is 96.0 cm³/mol. The summed E-state index contributed by atoms with van der Waals surface area (Å²) in [6.45, 7) is 1.85. The summed E-state index contributed by atoms with van der Waals surface area (Å²) < 4.78 is 10.5. The summed E-state index contributed by atoms with van der Waals surface area (Å²) in [5, 5.41) is 2.83. The molecule has 0 radical (unpaired) electrons. The van der Waals surface area contributed by atoms with Gasteiger partial charge in [-0.1, -0.05) is 13.0 Å². The van der Waals surface area contributed by atoms with Gasteiger partial charge in [-0.2, -0.15) is 0 Å². The van der Waals surface area contributed by atoms with Gasteiger partial charge in [-0.25, -0.2) is 0 Å². The van der Waals surface area contributed by atoms with Gasteiger partial charge in [0.2, 0.25) is 11.8 Å². The van der Waals surface area contributed by atoms with Gasteiger partial charge in [0.15, 0.2) is 11.5 Å². The van der Waals surface area contributed by atoms with Gasteiger partial charge in [-0.3, -0.25) is 9.59 Å². The molecule has 0 saturated carbocycles. The van der Waals surface area contributed by atoms with E-state index in [1.807, 2.05) is 25.1 Å². The van der Waals surface area contributed by atoms with Crippen LogP contribution in [0.2, 0.25) is 0 Å². The van der Waals surface area contributed by atoms with Crippen LogP contribution < -0.4 is 20.5 Å². The Morgan fingerprint density at radius 2 is 1.68 bits per heavy atom. The van der Waals surface area contributed by atoms with Gasteiger partial charge < -0.3 is 20.5 Å². The Morgan fingerprint density at radius 3 is 2.24 bits per heavy atom. The fourth-order valence-electron chi connectivity index (χ4n) is 2.44. The maximum atomic E-state index is 12.4. The minimum Gasteiger partial charge on any atom is -0.493 e. The number of amides is 2. The molecule has 25 heavy (non-hydrogen) atoms. The number of anilines is 1. The summed E-state index contributed by atoms with van der Waals surface area (Å²) in [6, 6.07) is 12.1. The van der Waals surface area contributed by atoms with Crippen LogP contribution in [-0.4, -0.2) is 26.0 Å². The van der Waals surface area contributed by atoms with Crippen molar-refractivity contribution in [2.45, 2.75) is 13.3 Å². The number of rotatable bonds is 7. The number of methoxy groups -OCH3 is 2. The minimum absolute atomic E-state index is 0.110. The Balaban J connectivity index is 2.01. The average Bonchev–Trinajstić information content (AvgIpc) is 2.61. The van der Waals surface area contributed by atoms with Gasteiger partial charge in [0.25, 0.3) is 0 Å². The largest absolute Gasteiger partial charge is 0.493 e. The first kappa shape index (κ1) is 18.3. The molecule has 0 aromatic heterocycles. The molecule has 2 aromatic rings. The Morgan fingerprint density at radius 1 is 1.04 bits per heavy atom. The monoisotopic (exact) mass is 342 g/mol. The van der Waals surface area contributed by atoms with Crippen molar-refractivity contribution in [3.8, 4) is 11.5 Å². The van der Waals surface area contributed by atoms with Crippen molar-refractivity contribution in [1.29, 1.82) is 0 Å². The lowest BCUT2D eigenvalue weighted by atomic mass is 9.99. The molecule has 6 heteroatoms. The Hall–Kier alpha value is -3.02. The van der Waals surface area contributed by atoms with Crippen molar-refractivity contribution in [3.05, 3.63) is 53.6 Å². The van der Waals surface area contributed by atoms with Crippen molar-refractivity contribution >= 4 is 17.5 Å². The number of benzene rings is 2. The molecule has 6 nitrogen and oxygen atoms in total. The minimum atomic E-state index is -0.500. The number of carbonyl (C=O) groups is 2. The van der Waals surface area contributed by atoms with E-state index >= 15 is 0 Å². The molecule has 1 unspecified atom stereocenters. The van der Waals surface area contributed by atoms with E-state index in [1.54, 1.807) is 38.5 Å². The first-order chi connectivity index (χ1) is 11.9. The lowest BCUT2D eigenvalue weighted by Gasteiger charge is -2.14. The van der Waals surface area contributed by atoms with E-state index in [0.29, 0.717) is 29.2 Å². The van der Waals surface area contributed by atoms with Gasteiger partial charge in [0, 0.05) is 17.2 Å². The van der Waals surface area contributed by atoms with Crippen LogP contribution >= 0.6 is 0 Å². The highest BCUT2D eigenvalue weighted by molar-refractivity contribution is 5.95. The third-order valence-corrected chi connectivity index (χ3v) is 3.87. The lowest BCUT2D eigenvalue weighted by molar-refractivity contribution is -0.119. The molecule has 0 aliphatic rings. The van der Waals surface area contributed by atoms with Crippen LogP contribution in [-0.2, 0) is 11.2 Å². The van der Waals surface area contributed by atoms with Crippen LogP contribution in [0.4, 0.5) is 5.69 Å². The third-order valence-electron chi connectivity index (χ3n) is 3.87. The maximum Gasteiger partial charge on any atom is 0.248 e. The third kappa shape index (κ3) is 4.73. The number of hydrogen-bond donors (Lipinski definition) is 2. The van der Waals surface area contributed by atoms with Gasteiger partial charge in [-0.05, 0) is 48.4 Å². The van der Waals surface area contributed by atoms with E-state index in [4.69, 9.17) is 15.2 Å². The first-order valence-corrected chi connectivity index (χ1v) is 7.86. The molecule has 0 aliphatic carbocycles. The van der Waals surface area contributed by atoms with E-state index in [-0.39, 0.29) is 11.8 Å². The number of ether oxygens (including phenoxy) is 2. The molecule has 132 valence electrons. The van der Waals surface area contributed by atoms with Crippen LogP contribution in [0.25, 0.3) is 0 Å². The van der Waals surface area contributed by atoms with Crippen molar-refractivity contribution in [1.82, 2.24) is 0 Å². The molecular weight excluding hydrogens is 320 g/mol. The van der Waals surface area contributed by atoms with Crippen LogP contribution in [0, 0.1) is 5.92 Å². The SMILES string of the molecule is COc1ccc(CC(C)C(=O)Nc2ccc(C(N)=O)cc2)cc1OC. The zero-order valence-corrected chi connectivity index (χ0v) is 14.5. The Kier molecular flexibility index (Phi) is 6.00. The predicted octanol–water partition coefficient (Wildman–Crippen LogP) is 2.62. The zero-order chi connectivity index (χ0) is 18.4. The van der Waals surface area contributed by atoms with Gasteiger partial charge in [0.1, 0.15) is 0 Å². The number of nitrogens with two attached hydrogens (primary N) is 1. The van der Waals surface area contributed by atoms with E-state index in [1.165, 1.54) is 0 Å². The van der Waals surface area contributed by atoms with Gasteiger partial charge in [-0.15, -0.1) is 0 Å². The zero-order valence-electron chi connectivity index (χ0n) is 14.5. The average molecular weight is 342 g/mol. The van der Waals surface area contributed by atoms with E-state index in [9.17, 15) is 9.59 Å². The second-order valence-corrected chi connectivity index (χ2v) is 5.73. The Labute approximate surface area is 146 Å². The van der Waals surface area contributed by atoms with Crippen molar-refractivity contribution in [2.24, 2.45) is 11.7 Å². The highest BCUT2D eigenvalue weighted by Crippen LogP contribution is 2.28. The smallest absolute Gasteiger partial charge is 0.248 e. The lowest BCUT2D eigenvalue weighted by Crippen LogP contribution is -2.22. The molecule has 2 rings (SSSR count). The van der Waals surface area contributed by atoms with Gasteiger partial charge >= 0.3 is 0 Å². The summed E-state index contributed by atoms with van der Waals surface area (Å²) in [6.07, 6.45) is 0.561. The van der Waals surface area contributed by atoms with Crippen molar-refractivity contribution < 1.29 is 19.1 Å². The topological polar surface area (TPSA) is 90.6 Å². The fraction of sp³-hybridized carbons (Fsp3) is 0.263. The van der Waals surface area contributed by atoms with Crippen molar-refractivity contribution in [3.63, 3.8) is 0 Å². The van der Waals surface area contributed by atoms with E-state index in [2.05, 4.69) is 5.32 Å². The molecule has 2 amide bonds. The second-order valence-electron chi connectivity index (χ2n) is 5.73. The maximum absolute atomic E-state index is 12.4. The molecule has 0 fully saturated rings. The van der Waals surface area contributed by atoms with Crippen LogP contribution in [0.3, 0.4) is 0 Å². The molecule has 3 N–H and O–H groups in total. The summed E-state index contributed by atoms with van der Waals surface area (Å²) in [5.74, 6) is 0.433. The van der Waals surface area contributed by atoms with E-state index in [0.717, 1.165) is 5.56 Å². The van der Waals surface area contributed by atoms with E-state index < -0.39 is 5.91 Å². The first-order valence-electron chi connectivity index (χ1n) is 7.86. The molecule has 1 atom stereocenters. The number of hydrogen-bond acceptors (Lipinski definition) is 4. The van der Waals surface area contributed by atoms with Crippen LogP contribution in [0.1, 0.15) is 22.8 Å². The summed E-state index contributed by atoms with van der Waals surface area (Å²) >= 11 is 0. The molecule has 0 spiro atoms.